The molecular weight excluding hydrogens is 404 g/mol. The first-order valence-corrected chi connectivity index (χ1v) is 12.0. The molecular formula is C24H36N6O2. The Balaban J connectivity index is 1.37. The molecule has 8 heteroatoms. The van der Waals surface area contributed by atoms with E-state index in [2.05, 4.69) is 57.4 Å². The average Bonchev–Trinajstić information content (AvgIpc) is 3.37. The van der Waals surface area contributed by atoms with Gasteiger partial charge in [0.05, 0.1) is 19.8 Å². The van der Waals surface area contributed by atoms with Gasteiger partial charge in [-0.05, 0) is 38.3 Å². The highest BCUT2D eigenvalue weighted by atomic mass is 16.5. The second-order valence-electron chi connectivity index (χ2n) is 8.58. The molecule has 0 radical (unpaired) electrons. The number of rotatable bonds is 8. The van der Waals surface area contributed by atoms with Crippen molar-refractivity contribution < 1.29 is 9.47 Å². The van der Waals surface area contributed by atoms with Crippen LogP contribution in [0.25, 0.3) is 0 Å². The van der Waals surface area contributed by atoms with Crippen LogP contribution >= 0.6 is 0 Å². The summed E-state index contributed by atoms with van der Waals surface area (Å²) in [7, 11) is 0. The van der Waals surface area contributed by atoms with Crippen molar-refractivity contribution in [3.05, 3.63) is 41.0 Å². The van der Waals surface area contributed by atoms with Crippen LogP contribution in [0.15, 0.2) is 23.2 Å². The lowest BCUT2D eigenvalue weighted by Crippen LogP contribution is -2.38. The monoisotopic (exact) mass is 440 g/mol. The van der Waals surface area contributed by atoms with Gasteiger partial charge in [-0.15, -0.1) is 10.2 Å². The van der Waals surface area contributed by atoms with Crippen LogP contribution < -0.4 is 15.4 Å². The molecule has 1 aromatic heterocycles. The smallest absolute Gasteiger partial charge is 0.191 e. The maximum absolute atomic E-state index is 6.22. The molecule has 2 aromatic rings. The number of nitrogens with one attached hydrogen (secondary N) is 2. The summed E-state index contributed by atoms with van der Waals surface area (Å²) in [5, 5.41) is 15.6. The van der Waals surface area contributed by atoms with Crippen molar-refractivity contribution in [3.63, 3.8) is 0 Å². The van der Waals surface area contributed by atoms with Crippen molar-refractivity contribution in [2.75, 3.05) is 26.3 Å². The Morgan fingerprint density at radius 1 is 1.25 bits per heavy atom. The van der Waals surface area contributed by atoms with Crippen LogP contribution in [-0.2, 0) is 30.7 Å². The third kappa shape index (κ3) is 6.00. The Hall–Kier alpha value is -2.61. The van der Waals surface area contributed by atoms with Gasteiger partial charge in [-0.25, -0.2) is 4.99 Å². The van der Waals surface area contributed by atoms with Crippen molar-refractivity contribution in [3.8, 4) is 5.75 Å². The zero-order chi connectivity index (χ0) is 22.2. The molecule has 4 rings (SSSR count). The van der Waals surface area contributed by atoms with Gasteiger partial charge in [0.2, 0.25) is 0 Å². The number of benzene rings is 1. The van der Waals surface area contributed by atoms with E-state index in [1.165, 1.54) is 24.8 Å². The van der Waals surface area contributed by atoms with Crippen molar-refractivity contribution in [1.29, 1.82) is 0 Å². The van der Waals surface area contributed by atoms with Gasteiger partial charge in [-0.1, -0.05) is 18.6 Å². The molecule has 1 aromatic carbocycles. The standard InChI is InChI=1S/C24H36N6O2/c1-3-25-24(26-12-10-23-29-28-22-7-5-4-6-13-30(22)23)27-16-19-9-8-18(2)15-21(19)32-20-11-14-31-17-20/h8-9,15,20H,3-7,10-14,16-17H2,1-2H3,(H2,25,26,27). The molecule has 2 aliphatic heterocycles. The highest BCUT2D eigenvalue weighted by molar-refractivity contribution is 5.79. The fraction of sp³-hybridized carbons (Fsp3) is 0.625. The number of aliphatic imine (C=N–C) groups is 1. The molecule has 2 N–H and O–H groups in total. The maximum Gasteiger partial charge on any atom is 0.191 e. The normalized spacial score (nSPS) is 18.8. The molecule has 0 spiro atoms. The Bertz CT molecular complexity index is 904. The molecule has 3 heterocycles. The summed E-state index contributed by atoms with van der Waals surface area (Å²) in [6, 6.07) is 6.32. The molecule has 2 aliphatic rings. The number of guanidine groups is 1. The Labute approximate surface area is 190 Å². The molecule has 1 fully saturated rings. The molecule has 1 unspecified atom stereocenters. The van der Waals surface area contributed by atoms with Gasteiger partial charge in [0.25, 0.3) is 0 Å². The van der Waals surface area contributed by atoms with Crippen LogP contribution in [0.2, 0.25) is 0 Å². The SMILES string of the molecule is CCNC(=NCc1ccc(C)cc1OC1CCOC1)NCCc1nnc2n1CCCCC2. The van der Waals surface area contributed by atoms with Crippen molar-refractivity contribution >= 4 is 5.96 Å². The van der Waals surface area contributed by atoms with Crippen LogP contribution in [0.5, 0.6) is 5.75 Å². The summed E-state index contributed by atoms with van der Waals surface area (Å²) >= 11 is 0. The van der Waals surface area contributed by atoms with Gasteiger partial charge in [0.1, 0.15) is 23.5 Å². The molecule has 1 saturated heterocycles. The zero-order valence-electron chi connectivity index (χ0n) is 19.4. The van der Waals surface area contributed by atoms with E-state index < -0.39 is 0 Å². The molecule has 32 heavy (non-hydrogen) atoms. The molecule has 0 amide bonds. The van der Waals surface area contributed by atoms with E-state index in [9.17, 15) is 0 Å². The first kappa shape index (κ1) is 22.6. The van der Waals surface area contributed by atoms with E-state index in [0.29, 0.717) is 13.2 Å². The number of nitrogens with zero attached hydrogens (tertiary/aromatic N) is 4. The van der Waals surface area contributed by atoms with Gasteiger partial charge < -0.3 is 24.7 Å². The van der Waals surface area contributed by atoms with Crippen LogP contribution in [0.3, 0.4) is 0 Å². The lowest BCUT2D eigenvalue weighted by molar-refractivity contribution is 0.140. The molecule has 1 atom stereocenters. The average molecular weight is 441 g/mol. The van der Waals surface area contributed by atoms with Crippen LogP contribution in [0.1, 0.15) is 55.4 Å². The second-order valence-corrected chi connectivity index (χ2v) is 8.58. The number of fused-ring (bicyclic) bond motifs is 1. The summed E-state index contributed by atoms with van der Waals surface area (Å²) in [6.45, 7) is 8.76. The fourth-order valence-corrected chi connectivity index (χ4v) is 4.22. The van der Waals surface area contributed by atoms with Gasteiger partial charge >= 0.3 is 0 Å². The molecule has 8 nitrogen and oxygen atoms in total. The number of hydrogen-bond acceptors (Lipinski definition) is 5. The maximum atomic E-state index is 6.22. The quantitative estimate of drug-likeness (QED) is 0.485. The first-order chi connectivity index (χ1) is 15.7. The van der Waals surface area contributed by atoms with E-state index in [1.807, 2.05) is 0 Å². The molecule has 0 saturated carbocycles. The van der Waals surface area contributed by atoms with E-state index in [-0.39, 0.29) is 6.10 Å². The molecule has 0 bridgehead atoms. The van der Waals surface area contributed by atoms with Crippen molar-refractivity contribution in [2.24, 2.45) is 4.99 Å². The van der Waals surface area contributed by atoms with E-state index in [4.69, 9.17) is 14.5 Å². The van der Waals surface area contributed by atoms with Crippen molar-refractivity contribution in [1.82, 2.24) is 25.4 Å². The molecule has 174 valence electrons. The summed E-state index contributed by atoms with van der Waals surface area (Å²) in [5.74, 6) is 3.92. The lowest BCUT2D eigenvalue weighted by atomic mass is 10.1. The summed E-state index contributed by atoms with van der Waals surface area (Å²) in [6.07, 6.45) is 6.64. The Morgan fingerprint density at radius 3 is 3.03 bits per heavy atom. The zero-order valence-corrected chi connectivity index (χ0v) is 19.4. The third-order valence-electron chi connectivity index (χ3n) is 5.98. The minimum atomic E-state index is 0.129. The molecule has 0 aliphatic carbocycles. The highest BCUT2D eigenvalue weighted by Crippen LogP contribution is 2.24. The van der Waals surface area contributed by atoms with E-state index in [1.54, 1.807) is 0 Å². The lowest BCUT2D eigenvalue weighted by Gasteiger charge is -2.16. The van der Waals surface area contributed by atoms with Gasteiger partial charge in [-0.3, -0.25) is 0 Å². The van der Waals surface area contributed by atoms with Crippen LogP contribution in [0, 0.1) is 6.92 Å². The summed E-state index contributed by atoms with van der Waals surface area (Å²) < 4.78 is 14.0. The fourth-order valence-electron chi connectivity index (χ4n) is 4.22. The second kappa shape index (κ2) is 11.3. The third-order valence-corrected chi connectivity index (χ3v) is 5.98. The Kier molecular flexibility index (Phi) is 7.98. The summed E-state index contributed by atoms with van der Waals surface area (Å²) in [4.78, 5) is 4.81. The van der Waals surface area contributed by atoms with Gasteiger partial charge in [-0.2, -0.15) is 0 Å². The number of aryl methyl sites for hydroxylation is 2. The number of ether oxygens (including phenoxy) is 2. The van der Waals surface area contributed by atoms with Crippen molar-refractivity contribution in [2.45, 2.75) is 71.6 Å². The minimum absolute atomic E-state index is 0.129. The van der Waals surface area contributed by atoms with E-state index in [0.717, 1.165) is 74.4 Å². The van der Waals surface area contributed by atoms with Crippen LogP contribution in [0.4, 0.5) is 0 Å². The van der Waals surface area contributed by atoms with Crippen LogP contribution in [-0.4, -0.2) is 53.1 Å². The predicted molar refractivity (Wildman–Crippen MR) is 125 cm³/mol. The van der Waals surface area contributed by atoms with Gasteiger partial charge in [0.15, 0.2) is 5.96 Å². The predicted octanol–water partition coefficient (Wildman–Crippen LogP) is 2.78. The Morgan fingerprint density at radius 2 is 2.19 bits per heavy atom. The number of hydrogen-bond donors (Lipinski definition) is 2. The van der Waals surface area contributed by atoms with Gasteiger partial charge in [0, 0.05) is 44.5 Å². The number of aromatic nitrogens is 3. The largest absolute Gasteiger partial charge is 0.488 e. The topological polar surface area (TPSA) is 85.6 Å². The minimum Gasteiger partial charge on any atom is -0.488 e. The first-order valence-electron chi connectivity index (χ1n) is 12.0. The van der Waals surface area contributed by atoms with E-state index >= 15 is 0 Å². The summed E-state index contributed by atoms with van der Waals surface area (Å²) in [5.41, 5.74) is 2.27. The highest BCUT2D eigenvalue weighted by Gasteiger charge is 2.19.